The second kappa shape index (κ2) is 7.30. The van der Waals surface area contributed by atoms with Gasteiger partial charge in [0.2, 0.25) is 0 Å². The molecule has 4 heteroatoms. The molecule has 0 saturated heterocycles. The van der Waals surface area contributed by atoms with Crippen molar-refractivity contribution in [1.29, 1.82) is 0 Å². The standard InChI is InChI=1S/C13H17ClO3/c1-2-8-17-13(16)7-6-12(15)10-4-3-5-11(14)9-10/h3-5,9,12,15H,2,6-8H2,1H3. The van der Waals surface area contributed by atoms with Crippen LogP contribution in [0, 0.1) is 0 Å². The average molecular weight is 257 g/mol. The van der Waals surface area contributed by atoms with E-state index in [0.717, 1.165) is 12.0 Å². The zero-order valence-electron chi connectivity index (χ0n) is 9.86. The third kappa shape index (κ3) is 5.20. The predicted octanol–water partition coefficient (Wildman–Crippen LogP) is 3.11. The molecule has 0 aromatic heterocycles. The van der Waals surface area contributed by atoms with Gasteiger partial charge in [0, 0.05) is 11.4 Å². The van der Waals surface area contributed by atoms with Crippen molar-refractivity contribution in [2.75, 3.05) is 6.61 Å². The van der Waals surface area contributed by atoms with Crippen molar-refractivity contribution in [1.82, 2.24) is 0 Å². The van der Waals surface area contributed by atoms with Crippen LogP contribution in [0.15, 0.2) is 24.3 Å². The first-order chi connectivity index (χ1) is 8.13. The van der Waals surface area contributed by atoms with Crippen LogP contribution < -0.4 is 0 Å². The van der Waals surface area contributed by atoms with Crippen LogP contribution in [-0.4, -0.2) is 17.7 Å². The van der Waals surface area contributed by atoms with Crippen LogP contribution in [-0.2, 0) is 9.53 Å². The molecule has 0 aliphatic carbocycles. The lowest BCUT2D eigenvalue weighted by Gasteiger charge is -2.10. The molecule has 0 heterocycles. The lowest BCUT2D eigenvalue weighted by Crippen LogP contribution is -2.07. The molecule has 1 rings (SSSR count). The van der Waals surface area contributed by atoms with Crippen molar-refractivity contribution in [3.05, 3.63) is 34.9 Å². The largest absolute Gasteiger partial charge is 0.466 e. The fraction of sp³-hybridized carbons (Fsp3) is 0.462. The van der Waals surface area contributed by atoms with E-state index in [0.29, 0.717) is 18.1 Å². The number of aliphatic hydroxyl groups excluding tert-OH is 1. The Balaban J connectivity index is 2.39. The van der Waals surface area contributed by atoms with Gasteiger partial charge in [-0.2, -0.15) is 0 Å². The zero-order valence-corrected chi connectivity index (χ0v) is 10.6. The van der Waals surface area contributed by atoms with Gasteiger partial charge < -0.3 is 9.84 Å². The summed E-state index contributed by atoms with van der Waals surface area (Å²) in [4.78, 5) is 11.2. The zero-order chi connectivity index (χ0) is 12.7. The normalized spacial score (nSPS) is 12.2. The molecule has 0 amide bonds. The van der Waals surface area contributed by atoms with Crippen LogP contribution in [0.4, 0.5) is 0 Å². The monoisotopic (exact) mass is 256 g/mol. The molecule has 0 saturated carbocycles. The molecule has 0 radical (unpaired) electrons. The summed E-state index contributed by atoms with van der Waals surface area (Å²) in [6.45, 7) is 2.38. The van der Waals surface area contributed by atoms with Crippen molar-refractivity contribution in [2.45, 2.75) is 32.3 Å². The topological polar surface area (TPSA) is 46.5 Å². The summed E-state index contributed by atoms with van der Waals surface area (Å²) in [7, 11) is 0. The number of carbonyl (C=O) groups is 1. The molecule has 1 atom stereocenters. The van der Waals surface area contributed by atoms with Gasteiger partial charge in [-0.25, -0.2) is 0 Å². The van der Waals surface area contributed by atoms with E-state index >= 15 is 0 Å². The van der Waals surface area contributed by atoms with Gasteiger partial charge in [-0.05, 0) is 30.5 Å². The number of aliphatic hydroxyl groups is 1. The highest BCUT2D eigenvalue weighted by Gasteiger charge is 2.11. The summed E-state index contributed by atoms with van der Waals surface area (Å²) in [6.07, 6.45) is 0.696. The van der Waals surface area contributed by atoms with Crippen LogP contribution in [0.1, 0.15) is 37.9 Å². The molecule has 1 aromatic carbocycles. The van der Waals surface area contributed by atoms with Gasteiger partial charge in [-0.15, -0.1) is 0 Å². The maximum absolute atomic E-state index is 11.2. The molecule has 3 nitrogen and oxygen atoms in total. The molecule has 0 aliphatic rings. The summed E-state index contributed by atoms with van der Waals surface area (Å²) in [5, 5.41) is 10.4. The molecular weight excluding hydrogens is 240 g/mol. The number of hydrogen-bond acceptors (Lipinski definition) is 3. The Morgan fingerprint density at radius 2 is 2.29 bits per heavy atom. The quantitative estimate of drug-likeness (QED) is 0.796. The van der Waals surface area contributed by atoms with E-state index in [-0.39, 0.29) is 12.4 Å². The van der Waals surface area contributed by atoms with E-state index in [1.54, 1.807) is 24.3 Å². The van der Waals surface area contributed by atoms with Crippen molar-refractivity contribution < 1.29 is 14.6 Å². The highest BCUT2D eigenvalue weighted by Crippen LogP contribution is 2.21. The fourth-order valence-corrected chi connectivity index (χ4v) is 1.62. The number of benzene rings is 1. The lowest BCUT2D eigenvalue weighted by atomic mass is 10.1. The third-order valence-electron chi connectivity index (χ3n) is 2.32. The van der Waals surface area contributed by atoms with Gasteiger partial charge in [-0.3, -0.25) is 4.79 Å². The lowest BCUT2D eigenvalue weighted by molar-refractivity contribution is -0.144. The maximum Gasteiger partial charge on any atom is 0.305 e. The molecule has 1 N–H and O–H groups in total. The van der Waals surface area contributed by atoms with E-state index in [1.807, 2.05) is 6.92 Å². The highest BCUT2D eigenvalue weighted by molar-refractivity contribution is 6.30. The summed E-state index contributed by atoms with van der Waals surface area (Å²) >= 11 is 5.82. The molecule has 17 heavy (non-hydrogen) atoms. The Hall–Kier alpha value is -1.06. The Morgan fingerprint density at radius 3 is 2.94 bits per heavy atom. The summed E-state index contributed by atoms with van der Waals surface area (Å²) in [5.74, 6) is -0.270. The number of carbonyl (C=O) groups excluding carboxylic acids is 1. The van der Waals surface area contributed by atoms with Crippen LogP contribution >= 0.6 is 11.6 Å². The predicted molar refractivity (Wildman–Crippen MR) is 66.9 cm³/mol. The third-order valence-corrected chi connectivity index (χ3v) is 2.56. The Labute approximate surface area is 106 Å². The Morgan fingerprint density at radius 1 is 1.53 bits per heavy atom. The van der Waals surface area contributed by atoms with Crippen molar-refractivity contribution in [2.24, 2.45) is 0 Å². The fourth-order valence-electron chi connectivity index (χ4n) is 1.42. The molecule has 1 unspecified atom stereocenters. The summed E-state index contributed by atoms with van der Waals surface area (Å²) in [6, 6.07) is 7.00. The number of esters is 1. The number of ether oxygens (including phenoxy) is 1. The smallest absolute Gasteiger partial charge is 0.305 e. The van der Waals surface area contributed by atoms with E-state index in [9.17, 15) is 9.90 Å². The van der Waals surface area contributed by atoms with Gasteiger partial charge in [0.25, 0.3) is 0 Å². The van der Waals surface area contributed by atoms with Gasteiger partial charge in [0.15, 0.2) is 0 Å². The van der Waals surface area contributed by atoms with Gasteiger partial charge in [-0.1, -0.05) is 30.7 Å². The maximum atomic E-state index is 11.2. The SMILES string of the molecule is CCCOC(=O)CCC(O)c1cccc(Cl)c1. The second-order valence-corrected chi connectivity index (χ2v) is 4.27. The van der Waals surface area contributed by atoms with Gasteiger partial charge in [0.1, 0.15) is 0 Å². The van der Waals surface area contributed by atoms with E-state index in [4.69, 9.17) is 16.3 Å². The molecular formula is C13H17ClO3. The van der Waals surface area contributed by atoms with Crippen LogP contribution in [0.2, 0.25) is 5.02 Å². The van der Waals surface area contributed by atoms with Gasteiger partial charge in [0.05, 0.1) is 12.7 Å². The summed E-state index contributed by atoms with van der Waals surface area (Å²) < 4.78 is 4.93. The highest BCUT2D eigenvalue weighted by atomic mass is 35.5. The summed E-state index contributed by atoms with van der Waals surface area (Å²) in [5.41, 5.74) is 0.723. The average Bonchev–Trinajstić information content (AvgIpc) is 2.33. The van der Waals surface area contributed by atoms with Crippen molar-refractivity contribution >= 4 is 17.6 Å². The minimum Gasteiger partial charge on any atom is -0.466 e. The van der Waals surface area contributed by atoms with Crippen molar-refractivity contribution in [3.63, 3.8) is 0 Å². The number of halogens is 1. The van der Waals surface area contributed by atoms with Crippen LogP contribution in [0.5, 0.6) is 0 Å². The Bertz CT molecular complexity index is 365. The minimum atomic E-state index is -0.678. The van der Waals surface area contributed by atoms with Crippen LogP contribution in [0.3, 0.4) is 0 Å². The molecule has 94 valence electrons. The van der Waals surface area contributed by atoms with E-state index < -0.39 is 6.10 Å². The number of hydrogen-bond donors (Lipinski definition) is 1. The van der Waals surface area contributed by atoms with E-state index in [1.165, 1.54) is 0 Å². The van der Waals surface area contributed by atoms with E-state index in [2.05, 4.69) is 0 Å². The minimum absolute atomic E-state index is 0.216. The molecule has 0 fully saturated rings. The first-order valence-electron chi connectivity index (χ1n) is 5.72. The molecule has 1 aromatic rings. The first kappa shape index (κ1) is 14.0. The first-order valence-corrected chi connectivity index (χ1v) is 6.10. The van der Waals surface area contributed by atoms with Crippen molar-refractivity contribution in [3.8, 4) is 0 Å². The number of rotatable bonds is 6. The molecule has 0 bridgehead atoms. The molecule has 0 spiro atoms. The van der Waals surface area contributed by atoms with Crippen LogP contribution in [0.25, 0.3) is 0 Å². The molecule has 0 aliphatic heterocycles. The second-order valence-electron chi connectivity index (χ2n) is 3.83. The van der Waals surface area contributed by atoms with Gasteiger partial charge >= 0.3 is 5.97 Å². The Kier molecular flexibility index (Phi) is 6.01.